The molecule has 0 radical (unpaired) electrons. The summed E-state index contributed by atoms with van der Waals surface area (Å²) in [5.74, 6) is -0.296. The van der Waals surface area contributed by atoms with Gasteiger partial charge in [0.1, 0.15) is 5.69 Å². The lowest BCUT2D eigenvalue weighted by Gasteiger charge is -2.23. The van der Waals surface area contributed by atoms with Crippen LogP contribution in [0.2, 0.25) is 0 Å². The normalized spacial score (nSPS) is 20.4. The van der Waals surface area contributed by atoms with Crippen LogP contribution < -0.4 is 10.6 Å². The lowest BCUT2D eigenvalue weighted by Crippen LogP contribution is -2.48. The predicted octanol–water partition coefficient (Wildman–Crippen LogP) is 3.16. The number of carbonyl (C=O) groups is 1. The Kier molecular flexibility index (Phi) is 5.01. The van der Waals surface area contributed by atoms with Gasteiger partial charge in [0.25, 0.3) is 5.91 Å². The van der Waals surface area contributed by atoms with Crippen molar-refractivity contribution in [3.05, 3.63) is 40.6 Å². The zero-order chi connectivity index (χ0) is 19.9. The Balaban J connectivity index is 1.66. The summed E-state index contributed by atoms with van der Waals surface area (Å²) >= 11 is 0. The van der Waals surface area contributed by atoms with Crippen molar-refractivity contribution in [2.45, 2.75) is 37.9 Å². The molecule has 1 amide bonds. The number of fused-ring (bicyclic) bond motifs is 1. The number of rotatable bonds is 4. The molecule has 1 aromatic carbocycles. The molecule has 1 unspecified atom stereocenters. The fourth-order valence-electron chi connectivity index (χ4n) is 3.56. The summed E-state index contributed by atoms with van der Waals surface area (Å²) in [7, 11) is 0. The standard InChI is InChI=1S/C20H22F3N3O2/c1-11-6-17(19(27)25-9-14-10-28-5-4-24-14)26-18-15(11)7-13(12-2-3-12)8-16(18)20(21,22)23/h6-8,12,14,24H,2-5,9-10H2,1H3,(H,25,27). The Labute approximate surface area is 160 Å². The lowest BCUT2D eigenvalue weighted by molar-refractivity contribution is -0.136. The maximum atomic E-state index is 13.7. The number of hydrogen-bond donors (Lipinski definition) is 2. The van der Waals surface area contributed by atoms with Crippen LogP contribution in [0.3, 0.4) is 0 Å². The predicted molar refractivity (Wildman–Crippen MR) is 98.4 cm³/mol. The van der Waals surface area contributed by atoms with Gasteiger partial charge < -0.3 is 15.4 Å². The molecule has 2 fully saturated rings. The topological polar surface area (TPSA) is 63.2 Å². The first kappa shape index (κ1) is 19.1. The van der Waals surface area contributed by atoms with Gasteiger partial charge in [-0.2, -0.15) is 13.2 Å². The maximum absolute atomic E-state index is 13.7. The van der Waals surface area contributed by atoms with Crippen LogP contribution in [0.4, 0.5) is 13.2 Å². The molecule has 0 bridgehead atoms. The van der Waals surface area contributed by atoms with Crippen molar-refractivity contribution in [2.24, 2.45) is 0 Å². The maximum Gasteiger partial charge on any atom is 0.418 e. The van der Waals surface area contributed by atoms with Crippen LogP contribution in [0, 0.1) is 6.92 Å². The number of morpholine rings is 1. The summed E-state index contributed by atoms with van der Waals surface area (Å²) in [6.07, 6.45) is -2.70. The first-order valence-electron chi connectivity index (χ1n) is 9.45. The summed E-state index contributed by atoms with van der Waals surface area (Å²) in [4.78, 5) is 16.6. The number of alkyl halides is 3. The molecule has 1 saturated heterocycles. The van der Waals surface area contributed by atoms with E-state index in [0.29, 0.717) is 42.8 Å². The number of pyridine rings is 1. The average molecular weight is 393 g/mol. The van der Waals surface area contributed by atoms with Gasteiger partial charge in [-0.15, -0.1) is 0 Å². The second-order valence-corrected chi connectivity index (χ2v) is 7.50. The van der Waals surface area contributed by atoms with E-state index < -0.39 is 17.6 Å². The van der Waals surface area contributed by atoms with Gasteiger partial charge in [-0.1, -0.05) is 0 Å². The van der Waals surface area contributed by atoms with Crippen molar-refractivity contribution in [1.82, 2.24) is 15.6 Å². The largest absolute Gasteiger partial charge is 0.418 e. The Morgan fingerprint density at radius 3 is 2.75 bits per heavy atom. The third-order valence-corrected chi connectivity index (χ3v) is 5.24. The summed E-state index contributed by atoms with van der Waals surface area (Å²) in [6, 6.07) is 4.51. The van der Waals surface area contributed by atoms with Crippen molar-refractivity contribution in [2.75, 3.05) is 26.3 Å². The van der Waals surface area contributed by atoms with Crippen LogP contribution in [0.25, 0.3) is 10.9 Å². The highest BCUT2D eigenvalue weighted by Gasteiger charge is 2.36. The van der Waals surface area contributed by atoms with Crippen LogP contribution >= 0.6 is 0 Å². The van der Waals surface area contributed by atoms with Crippen LogP contribution in [-0.4, -0.2) is 43.2 Å². The van der Waals surface area contributed by atoms with Crippen molar-refractivity contribution in [3.8, 4) is 0 Å². The van der Waals surface area contributed by atoms with Crippen LogP contribution in [0.1, 0.15) is 45.9 Å². The Morgan fingerprint density at radius 1 is 1.32 bits per heavy atom. The van der Waals surface area contributed by atoms with Gasteiger partial charge in [0, 0.05) is 24.5 Å². The van der Waals surface area contributed by atoms with Gasteiger partial charge in [0.05, 0.1) is 24.3 Å². The molecule has 150 valence electrons. The summed E-state index contributed by atoms with van der Waals surface area (Å²) < 4.78 is 46.4. The highest BCUT2D eigenvalue weighted by Crippen LogP contribution is 2.44. The van der Waals surface area contributed by atoms with Crippen molar-refractivity contribution in [3.63, 3.8) is 0 Å². The lowest BCUT2D eigenvalue weighted by atomic mass is 9.98. The number of hydrogen-bond acceptors (Lipinski definition) is 4. The summed E-state index contributed by atoms with van der Waals surface area (Å²) in [5, 5.41) is 6.40. The van der Waals surface area contributed by atoms with Crippen molar-refractivity contribution in [1.29, 1.82) is 0 Å². The van der Waals surface area contributed by atoms with E-state index in [1.54, 1.807) is 19.1 Å². The second-order valence-electron chi connectivity index (χ2n) is 7.50. The smallest absolute Gasteiger partial charge is 0.378 e. The number of carbonyl (C=O) groups excluding carboxylic acids is 1. The van der Waals surface area contributed by atoms with E-state index in [1.165, 1.54) is 6.07 Å². The number of nitrogens with one attached hydrogen (secondary N) is 2. The molecule has 0 spiro atoms. The molecule has 2 aliphatic rings. The van der Waals surface area contributed by atoms with Gasteiger partial charge in [-0.25, -0.2) is 4.98 Å². The SMILES string of the molecule is Cc1cc(C(=O)NCC2COCCN2)nc2c(C(F)(F)F)cc(C3CC3)cc12. The Morgan fingerprint density at radius 2 is 2.11 bits per heavy atom. The van der Waals surface area contributed by atoms with Gasteiger partial charge >= 0.3 is 6.18 Å². The quantitative estimate of drug-likeness (QED) is 0.838. The minimum absolute atomic E-state index is 0.00796. The molecule has 2 N–H and O–H groups in total. The van der Waals surface area contributed by atoms with E-state index in [1.807, 2.05) is 0 Å². The molecule has 4 rings (SSSR count). The second kappa shape index (κ2) is 7.33. The van der Waals surface area contributed by atoms with Crippen molar-refractivity contribution < 1.29 is 22.7 Å². The highest BCUT2D eigenvalue weighted by atomic mass is 19.4. The molecular formula is C20H22F3N3O2. The Hall–Kier alpha value is -2.19. The molecule has 1 saturated carbocycles. The molecule has 1 aromatic heterocycles. The zero-order valence-corrected chi connectivity index (χ0v) is 15.5. The minimum atomic E-state index is -4.53. The van der Waals surface area contributed by atoms with Gasteiger partial charge in [-0.05, 0) is 55.0 Å². The molecule has 2 heterocycles. The molecular weight excluding hydrogens is 371 g/mol. The third kappa shape index (κ3) is 3.98. The Bertz CT molecular complexity index is 904. The number of nitrogens with zero attached hydrogens (tertiary/aromatic N) is 1. The minimum Gasteiger partial charge on any atom is -0.378 e. The van der Waals surface area contributed by atoms with Crippen LogP contribution in [0.15, 0.2) is 18.2 Å². The molecule has 8 heteroatoms. The van der Waals surface area contributed by atoms with E-state index in [9.17, 15) is 18.0 Å². The third-order valence-electron chi connectivity index (χ3n) is 5.24. The molecule has 1 atom stereocenters. The molecule has 2 aromatic rings. The number of benzene rings is 1. The number of aromatic nitrogens is 1. The van der Waals surface area contributed by atoms with E-state index in [4.69, 9.17) is 4.74 Å². The van der Waals surface area contributed by atoms with Gasteiger partial charge in [-0.3, -0.25) is 4.79 Å². The summed E-state index contributed by atoms with van der Waals surface area (Å²) in [5.41, 5.74) is 0.368. The van der Waals surface area contributed by atoms with Crippen LogP contribution in [0.5, 0.6) is 0 Å². The van der Waals surface area contributed by atoms with Gasteiger partial charge in [0.2, 0.25) is 0 Å². The molecule has 28 heavy (non-hydrogen) atoms. The monoisotopic (exact) mass is 393 g/mol. The van der Waals surface area contributed by atoms with E-state index >= 15 is 0 Å². The zero-order valence-electron chi connectivity index (χ0n) is 15.5. The molecule has 5 nitrogen and oxygen atoms in total. The summed E-state index contributed by atoms with van der Waals surface area (Å²) in [6.45, 7) is 3.84. The van der Waals surface area contributed by atoms with Crippen LogP contribution in [-0.2, 0) is 10.9 Å². The highest BCUT2D eigenvalue weighted by molar-refractivity contribution is 5.97. The first-order valence-corrected chi connectivity index (χ1v) is 9.45. The van der Waals surface area contributed by atoms with Crippen molar-refractivity contribution >= 4 is 16.8 Å². The number of amides is 1. The number of halogens is 3. The fourth-order valence-corrected chi connectivity index (χ4v) is 3.56. The van der Waals surface area contributed by atoms with E-state index in [0.717, 1.165) is 12.8 Å². The number of aryl methyl sites for hydroxylation is 1. The van der Waals surface area contributed by atoms with E-state index in [2.05, 4.69) is 15.6 Å². The van der Waals surface area contributed by atoms with Gasteiger partial charge in [0.15, 0.2) is 0 Å². The van der Waals surface area contributed by atoms with E-state index in [-0.39, 0.29) is 23.2 Å². The number of ether oxygens (including phenoxy) is 1. The fraction of sp³-hybridized carbons (Fsp3) is 0.500. The molecule has 1 aliphatic heterocycles. The molecule has 1 aliphatic carbocycles. The first-order chi connectivity index (χ1) is 13.3. The average Bonchev–Trinajstić information content (AvgIpc) is 3.50.